The Morgan fingerprint density at radius 2 is 1.78 bits per heavy atom. The number of nitrogens with one attached hydrogen (secondary N) is 2. The molecule has 1 unspecified atom stereocenters. The highest BCUT2D eigenvalue weighted by Gasteiger charge is 2.08. The monoisotopic (exact) mass is 312 g/mol. The van der Waals surface area contributed by atoms with Crippen LogP contribution in [0.15, 0.2) is 36.4 Å². The first-order valence-corrected chi connectivity index (χ1v) is 8.53. The Balaban J connectivity index is 2.24. The van der Waals surface area contributed by atoms with E-state index in [2.05, 4.69) is 60.4 Å². The number of hydrogen-bond donors (Lipinski definition) is 2. The number of benzene rings is 1. The molecule has 2 aromatic rings. The van der Waals surface area contributed by atoms with Gasteiger partial charge in [0.2, 0.25) is 5.95 Å². The predicted octanol–water partition coefficient (Wildman–Crippen LogP) is 4.81. The molecular weight excluding hydrogens is 284 g/mol. The number of hydrogen-bond acceptors (Lipinski definition) is 4. The molecule has 1 heterocycles. The van der Waals surface area contributed by atoms with E-state index in [9.17, 15) is 0 Å². The van der Waals surface area contributed by atoms with Crippen LogP contribution in [0.25, 0.3) is 11.3 Å². The summed E-state index contributed by atoms with van der Waals surface area (Å²) < 4.78 is 0. The molecule has 0 radical (unpaired) electrons. The molecule has 23 heavy (non-hydrogen) atoms. The third kappa shape index (κ3) is 5.55. The minimum Gasteiger partial charge on any atom is -0.370 e. The summed E-state index contributed by atoms with van der Waals surface area (Å²) in [7, 11) is 0. The van der Waals surface area contributed by atoms with Crippen LogP contribution in [0, 0.1) is 5.92 Å². The van der Waals surface area contributed by atoms with Crippen molar-refractivity contribution in [2.75, 3.05) is 17.2 Å². The lowest BCUT2D eigenvalue weighted by Gasteiger charge is -2.15. The van der Waals surface area contributed by atoms with Crippen LogP contribution in [0.4, 0.5) is 11.8 Å². The zero-order valence-electron chi connectivity index (χ0n) is 14.6. The van der Waals surface area contributed by atoms with Crippen molar-refractivity contribution in [3.05, 3.63) is 36.4 Å². The van der Waals surface area contributed by atoms with E-state index in [1.165, 1.54) is 0 Å². The van der Waals surface area contributed by atoms with Crippen LogP contribution < -0.4 is 10.6 Å². The van der Waals surface area contributed by atoms with Crippen LogP contribution in [0.3, 0.4) is 0 Å². The average molecular weight is 312 g/mol. The smallest absolute Gasteiger partial charge is 0.225 e. The fraction of sp³-hybridized carbons (Fsp3) is 0.474. The highest BCUT2D eigenvalue weighted by molar-refractivity contribution is 5.64. The van der Waals surface area contributed by atoms with Gasteiger partial charge in [-0.25, -0.2) is 4.98 Å². The third-order valence-corrected chi connectivity index (χ3v) is 3.81. The third-order valence-electron chi connectivity index (χ3n) is 3.81. The lowest BCUT2D eigenvalue weighted by Crippen LogP contribution is -2.17. The van der Waals surface area contributed by atoms with Gasteiger partial charge in [-0.2, -0.15) is 4.98 Å². The van der Waals surface area contributed by atoms with Gasteiger partial charge in [0.25, 0.3) is 0 Å². The van der Waals surface area contributed by atoms with Crippen LogP contribution in [-0.4, -0.2) is 22.6 Å². The van der Waals surface area contributed by atoms with Gasteiger partial charge in [-0.3, -0.25) is 0 Å². The SMILES string of the molecule is CCC(C)Nc1nc(NCCC(C)C)cc(-c2ccccc2)n1. The van der Waals surface area contributed by atoms with Gasteiger partial charge in [-0.05, 0) is 25.7 Å². The molecule has 1 aromatic heterocycles. The zero-order chi connectivity index (χ0) is 16.7. The van der Waals surface area contributed by atoms with Gasteiger partial charge in [0.05, 0.1) is 5.69 Å². The molecule has 1 atom stereocenters. The van der Waals surface area contributed by atoms with Crippen LogP contribution in [-0.2, 0) is 0 Å². The highest BCUT2D eigenvalue weighted by atomic mass is 15.2. The van der Waals surface area contributed by atoms with Crippen LogP contribution in [0.5, 0.6) is 0 Å². The maximum atomic E-state index is 4.67. The first-order chi connectivity index (χ1) is 11.1. The largest absolute Gasteiger partial charge is 0.370 e. The highest BCUT2D eigenvalue weighted by Crippen LogP contribution is 2.22. The summed E-state index contributed by atoms with van der Waals surface area (Å²) in [6, 6.07) is 12.6. The molecule has 0 saturated heterocycles. The van der Waals surface area contributed by atoms with E-state index >= 15 is 0 Å². The molecule has 0 fully saturated rings. The molecule has 0 aliphatic heterocycles. The van der Waals surface area contributed by atoms with Crippen molar-refractivity contribution in [3.63, 3.8) is 0 Å². The standard InChI is InChI=1S/C19H28N4/c1-5-15(4)21-19-22-17(16-9-7-6-8-10-16)13-18(23-19)20-12-11-14(2)3/h6-10,13-15H,5,11-12H2,1-4H3,(H2,20,21,22,23). The van der Waals surface area contributed by atoms with Crippen LogP contribution >= 0.6 is 0 Å². The predicted molar refractivity (Wildman–Crippen MR) is 98.8 cm³/mol. The fourth-order valence-electron chi connectivity index (χ4n) is 2.17. The molecule has 2 rings (SSSR count). The van der Waals surface area contributed by atoms with E-state index < -0.39 is 0 Å². The molecule has 0 bridgehead atoms. The topological polar surface area (TPSA) is 49.8 Å². The second kappa shape index (κ2) is 8.51. The Bertz CT molecular complexity index is 596. The molecule has 124 valence electrons. The lowest BCUT2D eigenvalue weighted by molar-refractivity contribution is 0.606. The summed E-state index contributed by atoms with van der Waals surface area (Å²) in [5.74, 6) is 2.24. The Morgan fingerprint density at radius 1 is 1.04 bits per heavy atom. The Hall–Kier alpha value is -2.10. The molecule has 0 aliphatic carbocycles. The zero-order valence-corrected chi connectivity index (χ0v) is 14.6. The molecule has 2 N–H and O–H groups in total. The van der Waals surface area contributed by atoms with Crippen molar-refractivity contribution >= 4 is 11.8 Å². The van der Waals surface area contributed by atoms with Crippen molar-refractivity contribution in [1.29, 1.82) is 0 Å². The van der Waals surface area contributed by atoms with Gasteiger partial charge in [0.1, 0.15) is 5.82 Å². The maximum absolute atomic E-state index is 4.67. The van der Waals surface area contributed by atoms with Gasteiger partial charge >= 0.3 is 0 Å². The Morgan fingerprint density at radius 3 is 2.43 bits per heavy atom. The van der Waals surface area contributed by atoms with E-state index in [4.69, 9.17) is 0 Å². The maximum Gasteiger partial charge on any atom is 0.225 e. The van der Waals surface area contributed by atoms with Gasteiger partial charge in [0, 0.05) is 24.2 Å². The first kappa shape index (κ1) is 17.3. The minimum atomic E-state index is 0.351. The van der Waals surface area contributed by atoms with E-state index in [1.54, 1.807) is 0 Å². The molecule has 0 spiro atoms. The van der Waals surface area contributed by atoms with Crippen molar-refractivity contribution in [3.8, 4) is 11.3 Å². The number of nitrogens with zero attached hydrogens (tertiary/aromatic N) is 2. The Kier molecular flexibility index (Phi) is 6.39. The second-order valence-electron chi connectivity index (χ2n) is 6.39. The number of anilines is 2. The molecule has 0 saturated carbocycles. The van der Waals surface area contributed by atoms with E-state index in [1.807, 2.05) is 24.3 Å². The fourth-order valence-corrected chi connectivity index (χ4v) is 2.17. The summed E-state index contributed by atoms with van der Waals surface area (Å²) in [5.41, 5.74) is 2.05. The normalized spacial score (nSPS) is 12.2. The van der Waals surface area contributed by atoms with Crippen LogP contribution in [0.2, 0.25) is 0 Å². The van der Waals surface area contributed by atoms with Gasteiger partial charge in [-0.15, -0.1) is 0 Å². The first-order valence-electron chi connectivity index (χ1n) is 8.53. The van der Waals surface area contributed by atoms with E-state index in [0.29, 0.717) is 17.9 Å². The van der Waals surface area contributed by atoms with Crippen molar-refractivity contribution in [2.24, 2.45) is 5.92 Å². The van der Waals surface area contributed by atoms with Gasteiger partial charge < -0.3 is 10.6 Å². The van der Waals surface area contributed by atoms with Crippen LogP contribution in [0.1, 0.15) is 40.5 Å². The summed E-state index contributed by atoms with van der Waals surface area (Å²) in [5, 5.41) is 6.81. The summed E-state index contributed by atoms with van der Waals surface area (Å²) >= 11 is 0. The average Bonchev–Trinajstić information content (AvgIpc) is 2.55. The van der Waals surface area contributed by atoms with Crippen molar-refractivity contribution in [1.82, 2.24) is 9.97 Å². The van der Waals surface area contributed by atoms with Gasteiger partial charge in [-0.1, -0.05) is 51.1 Å². The quantitative estimate of drug-likeness (QED) is 0.734. The molecular formula is C19H28N4. The van der Waals surface area contributed by atoms with Crippen molar-refractivity contribution in [2.45, 2.75) is 46.6 Å². The molecule has 0 amide bonds. The molecule has 4 nitrogen and oxygen atoms in total. The molecule has 1 aromatic carbocycles. The van der Waals surface area contributed by atoms with E-state index in [0.717, 1.165) is 36.5 Å². The summed E-state index contributed by atoms with van der Waals surface area (Å²) in [4.78, 5) is 9.28. The lowest BCUT2D eigenvalue weighted by atomic mass is 10.1. The van der Waals surface area contributed by atoms with Gasteiger partial charge in [0.15, 0.2) is 0 Å². The summed E-state index contributed by atoms with van der Waals surface area (Å²) in [6.07, 6.45) is 2.16. The summed E-state index contributed by atoms with van der Waals surface area (Å²) in [6.45, 7) is 9.68. The van der Waals surface area contributed by atoms with E-state index in [-0.39, 0.29) is 0 Å². The number of rotatable bonds is 8. The molecule has 0 aliphatic rings. The minimum absolute atomic E-state index is 0.351. The number of aromatic nitrogens is 2. The second-order valence-corrected chi connectivity index (χ2v) is 6.39. The molecule has 4 heteroatoms. The van der Waals surface area contributed by atoms with Crippen molar-refractivity contribution < 1.29 is 0 Å². The Labute approximate surface area is 139 Å².